The third-order valence-corrected chi connectivity index (χ3v) is 5.58. The molecule has 0 bridgehead atoms. The maximum Gasteiger partial charge on any atom is 0.119 e. The van der Waals surface area contributed by atoms with Gasteiger partial charge in [-0.25, -0.2) is 0 Å². The SMILES string of the molecule is CCOc1ccc(C2CC(N)CN(C(C)C3CCC3)C2)cc1. The minimum absolute atomic E-state index is 0.299. The van der Waals surface area contributed by atoms with Gasteiger partial charge in [0.25, 0.3) is 0 Å². The molecule has 2 fully saturated rings. The van der Waals surface area contributed by atoms with E-state index in [1.54, 1.807) is 0 Å². The Hall–Kier alpha value is -1.06. The summed E-state index contributed by atoms with van der Waals surface area (Å²) in [7, 11) is 0. The van der Waals surface area contributed by atoms with Gasteiger partial charge >= 0.3 is 0 Å². The summed E-state index contributed by atoms with van der Waals surface area (Å²) in [5, 5.41) is 0. The molecular weight excluding hydrogens is 272 g/mol. The Labute approximate surface area is 134 Å². The van der Waals surface area contributed by atoms with Gasteiger partial charge in [-0.1, -0.05) is 18.6 Å². The highest BCUT2D eigenvalue weighted by Gasteiger charge is 2.34. The summed E-state index contributed by atoms with van der Waals surface area (Å²) in [5.41, 5.74) is 7.77. The van der Waals surface area contributed by atoms with Crippen molar-refractivity contribution in [2.75, 3.05) is 19.7 Å². The van der Waals surface area contributed by atoms with E-state index in [1.807, 2.05) is 6.92 Å². The Balaban J connectivity index is 1.67. The smallest absolute Gasteiger partial charge is 0.119 e. The van der Waals surface area contributed by atoms with Crippen molar-refractivity contribution in [1.82, 2.24) is 4.90 Å². The van der Waals surface area contributed by atoms with Gasteiger partial charge in [0.15, 0.2) is 0 Å². The number of piperidine rings is 1. The third-order valence-electron chi connectivity index (χ3n) is 5.58. The lowest BCUT2D eigenvalue weighted by Crippen LogP contribution is -2.52. The summed E-state index contributed by atoms with van der Waals surface area (Å²) in [5.74, 6) is 2.42. The van der Waals surface area contributed by atoms with Crippen molar-refractivity contribution in [1.29, 1.82) is 0 Å². The van der Waals surface area contributed by atoms with E-state index < -0.39 is 0 Å². The Morgan fingerprint density at radius 3 is 2.55 bits per heavy atom. The van der Waals surface area contributed by atoms with Gasteiger partial charge < -0.3 is 10.5 Å². The van der Waals surface area contributed by atoms with Crippen LogP contribution in [0.3, 0.4) is 0 Å². The van der Waals surface area contributed by atoms with Crippen molar-refractivity contribution in [2.45, 2.75) is 57.5 Å². The molecular formula is C19H30N2O. The van der Waals surface area contributed by atoms with Gasteiger partial charge in [0.05, 0.1) is 6.61 Å². The summed E-state index contributed by atoms with van der Waals surface area (Å²) in [4.78, 5) is 2.64. The number of likely N-dealkylation sites (tertiary alicyclic amines) is 1. The minimum atomic E-state index is 0.299. The molecule has 0 spiro atoms. The molecule has 3 atom stereocenters. The van der Waals surface area contributed by atoms with Crippen LogP contribution in [-0.4, -0.2) is 36.7 Å². The van der Waals surface area contributed by atoms with E-state index in [0.717, 1.165) is 37.8 Å². The highest BCUT2D eigenvalue weighted by molar-refractivity contribution is 5.30. The molecule has 0 amide bonds. The van der Waals surface area contributed by atoms with Gasteiger partial charge in [-0.05, 0) is 62.6 Å². The summed E-state index contributed by atoms with van der Waals surface area (Å²) < 4.78 is 5.55. The van der Waals surface area contributed by atoms with Crippen LogP contribution in [0.1, 0.15) is 51.0 Å². The van der Waals surface area contributed by atoms with Crippen LogP contribution in [0.2, 0.25) is 0 Å². The number of nitrogens with zero attached hydrogens (tertiary/aromatic N) is 1. The average molecular weight is 302 g/mol. The van der Waals surface area contributed by atoms with Crippen LogP contribution in [0.25, 0.3) is 0 Å². The number of hydrogen-bond acceptors (Lipinski definition) is 3. The normalized spacial score (nSPS) is 28.1. The maximum absolute atomic E-state index is 6.36. The standard InChI is InChI=1S/C19H30N2O/c1-3-22-19-9-7-16(8-10-19)17-11-18(20)13-21(12-17)14(2)15-5-4-6-15/h7-10,14-15,17-18H,3-6,11-13,20H2,1-2H3. The van der Waals surface area contributed by atoms with Crippen LogP contribution in [0.4, 0.5) is 0 Å². The number of rotatable bonds is 5. The predicted octanol–water partition coefficient (Wildman–Crippen LogP) is 3.39. The lowest BCUT2D eigenvalue weighted by atomic mass is 9.78. The molecule has 1 aromatic carbocycles. The molecule has 3 heteroatoms. The molecule has 122 valence electrons. The van der Waals surface area contributed by atoms with E-state index in [2.05, 4.69) is 36.1 Å². The predicted molar refractivity (Wildman–Crippen MR) is 91.3 cm³/mol. The molecule has 1 saturated heterocycles. The van der Waals surface area contributed by atoms with Gasteiger partial charge in [0.1, 0.15) is 5.75 Å². The molecule has 3 nitrogen and oxygen atoms in total. The zero-order valence-corrected chi connectivity index (χ0v) is 14.0. The number of ether oxygens (including phenoxy) is 1. The number of hydrogen-bond donors (Lipinski definition) is 1. The first-order valence-corrected chi connectivity index (χ1v) is 8.89. The van der Waals surface area contributed by atoms with Crippen molar-refractivity contribution in [3.05, 3.63) is 29.8 Å². The summed E-state index contributed by atoms with van der Waals surface area (Å²) in [6, 6.07) is 9.62. The molecule has 1 aliphatic heterocycles. The van der Waals surface area contributed by atoms with Crippen molar-refractivity contribution < 1.29 is 4.74 Å². The van der Waals surface area contributed by atoms with Crippen molar-refractivity contribution >= 4 is 0 Å². The Morgan fingerprint density at radius 2 is 1.95 bits per heavy atom. The first-order chi connectivity index (χ1) is 10.7. The fraction of sp³-hybridized carbons (Fsp3) is 0.684. The Kier molecular flexibility index (Phi) is 5.04. The van der Waals surface area contributed by atoms with Gasteiger partial charge in [0, 0.05) is 25.2 Å². The van der Waals surface area contributed by atoms with Gasteiger partial charge in [0.2, 0.25) is 0 Å². The lowest BCUT2D eigenvalue weighted by Gasteiger charge is -2.45. The molecule has 22 heavy (non-hydrogen) atoms. The van der Waals surface area contributed by atoms with E-state index in [9.17, 15) is 0 Å². The molecule has 3 unspecified atom stereocenters. The quantitative estimate of drug-likeness (QED) is 0.906. The first kappa shape index (κ1) is 15.8. The van der Waals surface area contributed by atoms with Crippen LogP contribution in [0, 0.1) is 5.92 Å². The number of benzene rings is 1. The number of nitrogens with two attached hydrogens (primary N) is 1. The van der Waals surface area contributed by atoms with E-state index in [-0.39, 0.29) is 0 Å². The topological polar surface area (TPSA) is 38.5 Å². The Bertz CT molecular complexity index is 469. The van der Waals surface area contributed by atoms with Crippen LogP contribution < -0.4 is 10.5 Å². The minimum Gasteiger partial charge on any atom is -0.494 e. The first-order valence-electron chi connectivity index (χ1n) is 8.89. The molecule has 2 N–H and O–H groups in total. The van der Waals surface area contributed by atoms with Gasteiger partial charge in [-0.2, -0.15) is 0 Å². The zero-order valence-electron chi connectivity index (χ0n) is 14.0. The molecule has 0 aromatic heterocycles. The fourth-order valence-electron chi connectivity index (χ4n) is 3.97. The van der Waals surface area contributed by atoms with Crippen LogP contribution in [0.15, 0.2) is 24.3 Å². The fourth-order valence-corrected chi connectivity index (χ4v) is 3.97. The van der Waals surface area contributed by atoms with Crippen molar-refractivity contribution in [2.24, 2.45) is 11.7 Å². The van der Waals surface area contributed by atoms with E-state index in [1.165, 1.54) is 24.8 Å². The van der Waals surface area contributed by atoms with E-state index in [4.69, 9.17) is 10.5 Å². The van der Waals surface area contributed by atoms with Crippen molar-refractivity contribution in [3.8, 4) is 5.75 Å². The van der Waals surface area contributed by atoms with Gasteiger partial charge in [-0.15, -0.1) is 0 Å². The van der Waals surface area contributed by atoms with Crippen LogP contribution in [-0.2, 0) is 0 Å². The zero-order chi connectivity index (χ0) is 15.5. The summed E-state index contributed by atoms with van der Waals surface area (Å²) >= 11 is 0. The lowest BCUT2D eigenvalue weighted by molar-refractivity contribution is 0.0738. The average Bonchev–Trinajstić information content (AvgIpc) is 2.46. The molecule has 1 heterocycles. The summed E-state index contributed by atoms with van der Waals surface area (Å²) in [6.45, 7) is 7.36. The van der Waals surface area contributed by atoms with Crippen LogP contribution in [0.5, 0.6) is 5.75 Å². The van der Waals surface area contributed by atoms with Crippen LogP contribution >= 0.6 is 0 Å². The molecule has 1 aliphatic carbocycles. The van der Waals surface area contributed by atoms with E-state index in [0.29, 0.717) is 18.0 Å². The highest BCUT2D eigenvalue weighted by Crippen LogP contribution is 2.35. The molecule has 3 rings (SSSR count). The molecule has 1 aromatic rings. The second-order valence-electron chi connectivity index (χ2n) is 7.08. The molecule has 0 radical (unpaired) electrons. The van der Waals surface area contributed by atoms with E-state index >= 15 is 0 Å². The third kappa shape index (κ3) is 3.47. The van der Waals surface area contributed by atoms with Crippen molar-refractivity contribution in [3.63, 3.8) is 0 Å². The molecule has 2 aliphatic rings. The van der Waals surface area contributed by atoms with Gasteiger partial charge in [-0.3, -0.25) is 4.90 Å². The summed E-state index contributed by atoms with van der Waals surface area (Å²) in [6.07, 6.45) is 5.32. The maximum atomic E-state index is 6.36. The highest BCUT2D eigenvalue weighted by atomic mass is 16.5. The molecule has 1 saturated carbocycles. The Morgan fingerprint density at radius 1 is 1.23 bits per heavy atom. The second-order valence-corrected chi connectivity index (χ2v) is 7.08. The monoisotopic (exact) mass is 302 g/mol. The largest absolute Gasteiger partial charge is 0.494 e. The second kappa shape index (κ2) is 7.01.